The van der Waals surface area contributed by atoms with Crippen LogP contribution in [0.15, 0.2) is 60.7 Å². The molecule has 2 aromatic carbocycles. The van der Waals surface area contributed by atoms with Crippen LogP contribution in [0.5, 0.6) is 0 Å². The van der Waals surface area contributed by atoms with Crippen molar-refractivity contribution in [3.8, 4) is 0 Å². The summed E-state index contributed by atoms with van der Waals surface area (Å²) < 4.78 is 0. The maximum absolute atomic E-state index is 2.26. The van der Waals surface area contributed by atoms with Gasteiger partial charge >= 0.3 is 18.9 Å². The molecule has 0 spiro atoms. The Bertz CT molecular complexity index is 396. The zero-order valence-corrected chi connectivity index (χ0v) is 11.2. The molecule has 2 aromatic rings. The van der Waals surface area contributed by atoms with Gasteiger partial charge in [0, 0.05) is 5.92 Å². The third kappa shape index (κ3) is 4.90. The Morgan fingerprint density at radius 1 is 0.737 bits per heavy atom. The van der Waals surface area contributed by atoms with Gasteiger partial charge in [0.25, 0.3) is 0 Å². The van der Waals surface area contributed by atoms with Gasteiger partial charge in [0.15, 0.2) is 0 Å². The first kappa shape index (κ1) is 16.1. The molecule has 0 amide bonds. The van der Waals surface area contributed by atoms with Crippen molar-refractivity contribution in [3.05, 3.63) is 71.8 Å². The predicted octanol–water partition coefficient (Wildman–Crippen LogP) is 4.75. The zero-order valence-electron chi connectivity index (χ0n) is 11.2. The Kier molecular flexibility index (Phi) is 7.64. The fourth-order valence-corrected chi connectivity index (χ4v) is 2.49. The van der Waals surface area contributed by atoms with E-state index < -0.39 is 0 Å². The van der Waals surface area contributed by atoms with Crippen molar-refractivity contribution >= 4 is 18.9 Å². The molecule has 0 aliphatic rings. The summed E-state index contributed by atoms with van der Waals surface area (Å²) in [6.45, 7) is 2.26. The SMILES string of the molecule is CCCCCC(c1ccccc1)c1ccccc1.[LiH]. The molecule has 0 aromatic heterocycles. The van der Waals surface area contributed by atoms with Crippen molar-refractivity contribution in [1.82, 2.24) is 0 Å². The van der Waals surface area contributed by atoms with Crippen molar-refractivity contribution in [2.75, 3.05) is 0 Å². The van der Waals surface area contributed by atoms with Gasteiger partial charge in [0.1, 0.15) is 0 Å². The molecule has 0 fully saturated rings. The summed E-state index contributed by atoms with van der Waals surface area (Å²) >= 11 is 0. The van der Waals surface area contributed by atoms with Gasteiger partial charge in [-0.05, 0) is 17.5 Å². The minimum absolute atomic E-state index is 0. The summed E-state index contributed by atoms with van der Waals surface area (Å²) in [7, 11) is 0. The molecular formula is C18H23Li. The molecule has 0 unspecified atom stereocenters. The molecule has 0 bridgehead atoms. The third-order valence-electron chi connectivity index (χ3n) is 3.50. The molecule has 0 saturated heterocycles. The fourth-order valence-electron chi connectivity index (χ4n) is 2.49. The second-order valence-corrected chi connectivity index (χ2v) is 4.87. The van der Waals surface area contributed by atoms with Gasteiger partial charge in [0.2, 0.25) is 0 Å². The molecule has 0 N–H and O–H groups in total. The number of hydrogen-bond donors (Lipinski definition) is 0. The van der Waals surface area contributed by atoms with E-state index in [1.807, 2.05) is 0 Å². The predicted molar refractivity (Wildman–Crippen MR) is 86.0 cm³/mol. The van der Waals surface area contributed by atoms with Crippen LogP contribution in [0, 0.1) is 0 Å². The van der Waals surface area contributed by atoms with Crippen LogP contribution in [0.2, 0.25) is 0 Å². The van der Waals surface area contributed by atoms with E-state index in [0.717, 1.165) is 0 Å². The van der Waals surface area contributed by atoms with Crippen molar-refractivity contribution in [3.63, 3.8) is 0 Å². The van der Waals surface area contributed by atoms with E-state index >= 15 is 0 Å². The summed E-state index contributed by atoms with van der Waals surface area (Å²) in [4.78, 5) is 0. The molecule has 0 heterocycles. The number of rotatable bonds is 6. The second kappa shape index (κ2) is 9.02. The van der Waals surface area contributed by atoms with Crippen LogP contribution in [0.25, 0.3) is 0 Å². The van der Waals surface area contributed by atoms with Crippen molar-refractivity contribution in [2.24, 2.45) is 0 Å². The van der Waals surface area contributed by atoms with E-state index in [-0.39, 0.29) is 18.9 Å². The third-order valence-corrected chi connectivity index (χ3v) is 3.50. The quantitative estimate of drug-likeness (QED) is 0.509. The standard InChI is InChI=1S/C18H22.Li.H/c1-2-3-6-15-18(16-11-7-4-8-12-16)17-13-9-5-10-14-17;;/h4-5,7-14,18H,2-3,6,15H2,1H3;;. The summed E-state index contributed by atoms with van der Waals surface area (Å²) in [5, 5.41) is 0. The Balaban J connectivity index is 0.00000180. The van der Waals surface area contributed by atoms with E-state index in [4.69, 9.17) is 0 Å². The molecule has 0 nitrogen and oxygen atoms in total. The average Bonchev–Trinajstić information content (AvgIpc) is 2.46. The first-order valence-corrected chi connectivity index (χ1v) is 7.01. The van der Waals surface area contributed by atoms with E-state index in [1.54, 1.807) is 0 Å². The van der Waals surface area contributed by atoms with Gasteiger partial charge in [-0.3, -0.25) is 0 Å². The Hall–Kier alpha value is -0.963. The van der Waals surface area contributed by atoms with Crippen molar-refractivity contribution < 1.29 is 0 Å². The van der Waals surface area contributed by atoms with Gasteiger partial charge < -0.3 is 0 Å². The van der Waals surface area contributed by atoms with Crippen molar-refractivity contribution in [2.45, 2.75) is 38.5 Å². The molecular weight excluding hydrogens is 223 g/mol. The Morgan fingerprint density at radius 3 is 1.63 bits per heavy atom. The van der Waals surface area contributed by atoms with Crippen LogP contribution in [-0.2, 0) is 0 Å². The van der Waals surface area contributed by atoms with Crippen LogP contribution in [0.1, 0.15) is 49.7 Å². The average molecular weight is 246 g/mol. The molecule has 0 aliphatic heterocycles. The molecule has 2 rings (SSSR count). The van der Waals surface area contributed by atoms with Crippen LogP contribution >= 0.6 is 0 Å². The van der Waals surface area contributed by atoms with E-state index in [9.17, 15) is 0 Å². The Labute approximate surface area is 129 Å². The second-order valence-electron chi connectivity index (χ2n) is 4.87. The Morgan fingerprint density at radius 2 is 1.21 bits per heavy atom. The van der Waals surface area contributed by atoms with Crippen molar-refractivity contribution in [1.29, 1.82) is 0 Å². The summed E-state index contributed by atoms with van der Waals surface area (Å²) in [5.74, 6) is 0.555. The topological polar surface area (TPSA) is 0 Å². The molecule has 0 radical (unpaired) electrons. The molecule has 0 atom stereocenters. The van der Waals surface area contributed by atoms with Crippen LogP contribution in [-0.4, -0.2) is 18.9 Å². The summed E-state index contributed by atoms with van der Waals surface area (Å²) in [5.41, 5.74) is 2.89. The summed E-state index contributed by atoms with van der Waals surface area (Å²) in [6, 6.07) is 21.8. The molecule has 1 heteroatoms. The summed E-state index contributed by atoms with van der Waals surface area (Å²) in [6.07, 6.45) is 5.18. The maximum atomic E-state index is 2.26. The van der Waals surface area contributed by atoms with E-state index in [1.165, 1.54) is 36.8 Å². The number of hydrogen-bond acceptors (Lipinski definition) is 0. The number of benzene rings is 2. The zero-order chi connectivity index (χ0) is 12.6. The van der Waals surface area contributed by atoms with Gasteiger partial charge in [0.05, 0.1) is 0 Å². The molecule has 96 valence electrons. The van der Waals surface area contributed by atoms with E-state index in [0.29, 0.717) is 5.92 Å². The monoisotopic (exact) mass is 246 g/mol. The fraction of sp³-hybridized carbons (Fsp3) is 0.333. The number of unbranched alkanes of at least 4 members (excludes halogenated alkanes) is 2. The van der Waals surface area contributed by atoms with Crippen LogP contribution in [0.4, 0.5) is 0 Å². The van der Waals surface area contributed by atoms with Crippen LogP contribution < -0.4 is 0 Å². The van der Waals surface area contributed by atoms with Gasteiger partial charge in [-0.2, -0.15) is 0 Å². The van der Waals surface area contributed by atoms with E-state index in [2.05, 4.69) is 67.6 Å². The molecule has 0 saturated carbocycles. The van der Waals surface area contributed by atoms with Gasteiger partial charge in [-0.15, -0.1) is 0 Å². The van der Waals surface area contributed by atoms with Gasteiger partial charge in [-0.1, -0.05) is 86.8 Å². The molecule has 19 heavy (non-hydrogen) atoms. The van der Waals surface area contributed by atoms with Crippen LogP contribution in [0.3, 0.4) is 0 Å². The minimum atomic E-state index is 0. The molecule has 0 aliphatic carbocycles. The normalized spacial score (nSPS) is 10.2. The first-order chi connectivity index (χ1) is 8.92. The first-order valence-electron chi connectivity index (χ1n) is 7.01. The van der Waals surface area contributed by atoms with Gasteiger partial charge in [-0.25, -0.2) is 0 Å².